The van der Waals surface area contributed by atoms with Crippen LogP contribution in [0.1, 0.15) is 26.7 Å². The van der Waals surface area contributed by atoms with Gasteiger partial charge in [0.1, 0.15) is 12.4 Å². The number of piperidine rings is 1. The quantitative estimate of drug-likeness (QED) is 0.866. The summed E-state index contributed by atoms with van der Waals surface area (Å²) in [5.74, 6) is 0.813. The van der Waals surface area contributed by atoms with Gasteiger partial charge in [-0.15, -0.1) is 0 Å². The van der Waals surface area contributed by atoms with Crippen LogP contribution in [0.4, 0.5) is 0 Å². The van der Waals surface area contributed by atoms with Crippen molar-refractivity contribution in [3.05, 3.63) is 30.3 Å². The first-order valence-electron chi connectivity index (χ1n) is 7.67. The van der Waals surface area contributed by atoms with Crippen molar-refractivity contribution in [2.24, 2.45) is 5.92 Å². The first-order chi connectivity index (χ1) is 10.3. The van der Waals surface area contributed by atoms with Gasteiger partial charge in [-0.1, -0.05) is 18.2 Å². The van der Waals surface area contributed by atoms with Gasteiger partial charge in [0.25, 0.3) is 0 Å². The molecule has 0 saturated carbocycles. The number of hydrogen-bond acceptors (Lipinski definition) is 4. The first kappa shape index (κ1) is 17.2. The van der Waals surface area contributed by atoms with E-state index in [0.29, 0.717) is 31.7 Å². The molecule has 5 nitrogen and oxygen atoms in total. The molecule has 0 amide bonds. The lowest BCUT2D eigenvalue weighted by Crippen LogP contribution is -2.45. The van der Waals surface area contributed by atoms with Crippen LogP contribution in [0.15, 0.2) is 30.3 Å². The lowest BCUT2D eigenvalue weighted by molar-refractivity contribution is -0.00377. The molecular formula is C16H25NO4S. The Kier molecular flexibility index (Phi) is 5.47. The number of aliphatic hydroxyl groups is 1. The number of benzene rings is 1. The van der Waals surface area contributed by atoms with Crippen molar-refractivity contribution in [1.82, 2.24) is 4.31 Å². The van der Waals surface area contributed by atoms with E-state index in [1.165, 1.54) is 4.31 Å². The normalized spacial score (nSPS) is 18.3. The van der Waals surface area contributed by atoms with E-state index in [-0.39, 0.29) is 18.3 Å². The Morgan fingerprint density at radius 3 is 2.36 bits per heavy atom. The molecule has 1 aliphatic heterocycles. The van der Waals surface area contributed by atoms with Gasteiger partial charge in [-0.2, -0.15) is 0 Å². The third-order valence-electron chi connectivity index (χ3n) is 4.20. The van der Waals surface area contributed by atoms with E-state index in [0.717, 1.165) is 0 Å². The maximum absolute atomic E-state index is 12.3. The van der Waals surface area contributed by atoms with Gasteiger partial charge in [0.05, 0.1) is 11.4 Å². The summed E-state index contributed by atoms with van der Waals surface area (Å²) in [4.78, 5) is 0. The van der Waals surface area contributed by atoms with E-state index >= 15 is 0 Å². The van der Waals surface area contributed by atoms with Gasteiger partial charge < -0.3 is 9.84 Å². The average Bonchev–Trinajstić information content (AvgIpc) is 2.47. The van der Waals surface area contributed by atoms with Gasteiger partial charge in [0.15, 0.2) is 0 Å². The Hall–Kier alpha value is -1.11. The molecule has 0 unspecified atom stereocenters. The highest BCUT2D eigenvalue weighted by Gasteiger charge is 2.34. The SMILES string of the molecule is CC(C)(O)C1CCN(S(=O)(=O)CCOc2ccccc2)CC1. The van der Waals surface area contributed by atoms with Crippen molar-refractivity contribution in [1.29, 1.82) is 0 Å². The zero-order valence-corrected chi connectivity index (χ0v) is 14.1. The average molecular weight is 327 g/mol. The van der Waals surface area contributed by atoms with E-state index in [1.54, 1.807) is 26.0 Å². The molecule has 0 bridgehead atoms. The number of sulfonamides is 1. The van der Waals surface area contributed by atoms with Crippen molar-refractivity contribution in [2.45, 2.75) is 32.3 Å². The van der Waals surface area contributed by atoms with Gasteiger partial charge in [-0.05, 0) is 44.7 Å². The predicted octanol–water partition coefficient (Wildman–Crippen LogP) is 1.88. The van der Waals surface area contributed by atoms with Crippen LogP contribution in [-0.4, -0.2) is 48.9 Å². The highest BCUT2D eigenvalue weighted by molar-refractivity contribution is 7.89. The van der Waals surface area contributed by atoms with Gasteiger partial charge in [-0.25, -0.2) is 12.7 Å². The van der Waals surface area contributed by atoms with Crippen LogP contribution in [0.3, 0.4) is 0 Å². The molecule has 1 aromatic carbocycles. The van der Waals surface area contributed by atoms with Crippen LogP contribution in [-0.2, 0) is 10.0 Å². The Balaban J connectivity index is 1.82. The van der Waals surface area contributed by atoms with Gasteiger partial charge >= 0.3 is 0 Å². The molecule has 1 saturated heterocycles. The molecule has 0 atom stereocenters. The summed E-state index contributed by atoms with van der Waals surface area (Å²) in [5.41, 5.74) is -0.744. The zero-order chi connectivity index (χ0) is 16.2. The van der Waals surface area contributed by atoms with Crippen LogP contribution >= 0.6 is 0 Å². The molecule has 0 spiro atoms. The van der Waals surface area contributed by atoms with Gasteiger partial charge in [0, 0.05) is 13.1 Å². The minimum Gasteiger partial charge on any atom is -0.492 e. The summed E-state index contributed by atoms with van der Waals surface area (Å²) in [6.07, 6.45) is 1.39. The number of rotatable bonds is 6. The molecular weight excluding hydrogens is 302 g/mol. The monoisotopic (exact) mass is 327 g/mol. The Labute approximate surface area is 133 Å². The summed E-state index contributed by atoms with van der Waals surface area (Å²) in [5, 5.41) is 10.0. The summed E-state index contributed by atoms with van der Waals surface area (Å²) in [7, 11) is -3.30. The van der Waals surface area contributed by atoms with Crippen molar-refractivity contribution in [3.8, 4) is 5.75 Å². The standard InChI is InChI=1S/C16H25NO4S/c1-16(2,18)14-8-10-17(11-9-14)22(19,20)13-12-21-15-6-4-3-5-7-15/h3-7,14,18H,8-13H2,1-2H3. The molecule has 124 valence electrons. The maximum Gasteiger partial charge on any atom is 0.217 e. The third kappa shape index (κ3) is 4.69. The minimum absolute atomic E-state index is 0.0188. The fraction of sp³-hybridized carbons (Fsp3) is 0.625. The third-order valence-corrected chi connectivity index (χ3v) is 6.03. The summed E-state index contributed by atoms with van der Waals surface area (Å²) in [6.45, 7) is 4.67. The zero-order valence-electron chi connectivity index (χ0n) is 13.2. The first-order valence-corrected chi connectivity index (χ1v) is 9.28. The largest absolute Gasteiger partial charge is 0.492 e. The summed E-state index contributed by atoms with van der Waals surface area (Å²) >= 11 is 0. The van der Waals surface area contributed by atoms with E-state index in [4.69, 9.17) is 4.74 Å². The Bertz CT molecular complexity index is 558. The molecule has 1 fully saturated rings. The highest BCUT2D eigenvalue weighted by Crippen LogP contribution is 2.28. The molecule has 1 aliphatic rings. The molecule has 0 aliphatic carbocycles. The smallest absolute Gasteiger partial charge is 0.217 e. The number of hydrogen-bond donors (Lipinski definition) is 1. The predicted molar refractivity (Wildman–Crippen MR) is 86.3 cm³/mol. The van der Waals surface area contributed by atoms with Crippen LogP contribution in [0.25, 0.3) is 0 Å². The van der Waals surface area contributed by atoms with E-state index in [2.05, 4.69) is 0 Å². The Morgan fingerprint density at radius 1 is 1.23 bits per heavy atom. The maximum atomic E-state index is 12.3. The van der Waals surface area contributed by atoms with Gasteiger partial charge in [-0.3, -0.25) is 0 Å². The molecule has 6 heteroatoms. The lowest BCUT2D eigenvalue weighted by atomic mass is 9.84. The molecule has 1 heterocycles. The van der Waals surface area contributed by atoms with Crippen LogP contribution in [0, 0.1) is 5.92 Å². The molecule has 0 aromatic heterocycles. The molecule has 1 N–H and O–H groups in total. The van der Waals surface area contributed by atoms with Crippen LogP contribution < -0.4 is 4.74 Å². The van der Waals surface area contributed by atoms with E-state index in [1.807, 2.05) is 18.2 Å². The molecule has 0 radical (unpaired) electrons. The molecule has 1 aromatic rings. The topological polar surface area (TPSA) is 66.8 Å². The number of ether oxygens (including phenoxy) is 1. The number of nitrogens with zero attached hydrogens (tertiary/aromatic N) is 1. The highest BCUT2D eigenvalue weighted by atomic mass is 32.2. The van der Waals surface area contributed by atoms with E-state index in [9.17, 15) is 13.5 Å². The Morgan fingerprint density at radius 2 is 1.82 bits per heavy atom. The minimum atomic E-state index is -3.30. The van der Waals surface area contributed by atoms with Gasteiger partial charge in [0.2, 0.25) is 10.0 Å². The summed E-state index contributed by atoms with van der Waals surface area (Å²) in [6, 6.07) is 9.20. The molecule has 2 rings (SSSR count). The fourth-order valence-corrected chi connectivity index (χ4v) is 4.07. The van der Waals surface area contributed by atoms with Crippen LogP contribution in [0.2, 0.25) is 0 Å². The second kappa shape index (κ2) is 6.98. The summed E-state index contributed by atoms with van der Waals surface area (Å²) < 4.78 is 31.6. The van der Waals surface area contributed by atoms with Crippen LogP contribution in [0.5, 0.6) is 5.75 Å². The number of para-hydroxylation sites is 1. The second-order valence-corrected chi connectivity index (χ2v) is 8.39. The van der Waals surface area contributed by atoms with Crippen molar-refractivity contribution in [2.75, 3.05) is 25.4 Å². The fourth-order valence-electron chi connectivity index (χ4n) is 2.75. The van der Waals surface area contributed by atoms with Crippen molar-refractivity contribution >= 4 is 10.0 Å². The second-order valence-electron chi connectivity index (χ2n) is 6.30. The molecule has 22 heavy (non-hydrogen) atoms. The lowest BCUT2D eigenvalue weighted by Gasteiger charge is -2.37. The van der Waals surface area contributed by atoms with Crippen molar-refractivity contribution < 1.29 is 18.3 Å². The van der Waals surface area contributed by atoms with Crippen molar-refractivity contribution in [3.63, 3.8) is 0 Å². The van der Waals surface area contributed by atoms with E-state index < -0.39 is 15.6 Å².